The zero-order valence-electron chi connectivity index (χ0n) is 12.1. The molecule has 2 N–H and O–H groups in total. The highest BCUT2D eigenvalue weighted by molar-refractivity contribution is 5.80. The van der Waals surface area contributed by atoms with Gasteiger partial charge in [0.1, 0.15) is 5.82 Å². The average Bonchev–Trinajstić information content (AvgIpc) is 2.53. The standard InChI is InChI=1S/C16H17N5/c1-21(2)16-5-3-4-13(20-16)14-7-6-11-10-18-12(9-17)8-15(11)19-14/h3-8,10H,9,17H2,1-2H3. The molecule has 106 valence electrons. The number of nitrogens with two attached hydrogens (primary N) is 1. The molecule has 5 heteroatoms. The van der Waals surface area contributed by atoms with Crippen LogP contribution in [0.5, 0.6) is 0 Å². The Balaban J connectivity index is 2.09. The van der Waals surface area contributed by atoms with Crippen molar-refractivity contribution >= 4 is 16.7 Å². The number of fused-ring (bicyclic) bond motifs is 1. The van der Waals surface area contributed by atoms with Gasteiger partial charge in [-0.15, -0.1) is 0 Å². The van der Waals surface area contributed by atoms with Crippen molar-refractivity contribution in [3.63, 3.8) is 0 Å². The molecular formula is C16H17N5. The van der Waals surface area contributed by atoms with Crippen LogP contribution < -0.4 is 10.6 Å². The van der Waals surface area contributed by atoms with Crippen LogP contribution in [0, 0.1) is 0 Å². The summed E-state index contributed by atoms with van der Waals surface area (Å²) >= 11 is 0. The van der Waals surface area contributed by atoms with Crippen molar-refractivity contribution in [2.45, 2.75) is 6.54 Å². The minimum atomic E-state index is 0.413. The lowest BCUT2D eigenvalue weighted by Crippen LogP contribution is -2.10. The fourth-order valence-electron chi connectivity index (χ4n) is 2.13. The summed E-state index contributed by atoms with van der Waals surface area (Å²) in [4.78, 5) is 15.5. The molecule has 3 rings (SSSR count). The zero-order chi connectivity index (χ0) is 14.8. The van der Waals surface area contributed by atoms with E-state index in [1.807, 2.05) is 55.4 Å². The fourth-order valence-corrected chi connectivity index (χ4v) is 2.13. The second kappa shape index (κ2) is 5.46. The van der Waals surface area contributed by atoms with Crippen LogP contribution >= 0.6 is 0 Å². The molecule has 0 aliphatic carbocycles. The highest BCUT2D eigenvalue weighted by atomic mass is 15.1. The van der Waals surface area contributed by atoms with Crippen LogP contribution in [0.1, 0.15) is 5.69 Å². The molecule has 0 aliphatic rings. The van der Waals surface area contributed by atoms with E-state index in [0.29, 0.717) is 6.54 Å². The van der Waals surface area contributed by atoms with Gasteiger partial charge in [0.15, 0.2) is 0 Å². The van der Waals surface area contributed by atoms with E-state index >= 15 is 0 Å². The highest BCUT2D eigenvalue weighted by Gasteiger charge is 2.06. The van der Waals surface area contributed by atoms with E-state index in [1.54, 1.807) is 6.20 Å². The summed E-state index contributed by atoms with van der Waals surface area (Å²) in [6, 6.07) is 11.8. The molecule has 0 unspecified atom stereocenters. The average molecular weight is 279 g/mol. The van der Waals surface area contributed by atoms with Crippen LogP contribution in [-0.2, 0) is 6.54 Å². The minimum Gasteiger partial charge on any atom is -0.363 e. The molecule has 3 aromatic heterocycles. The maximum Gasteiger partial charge on any atom is 0.128 e. The third-order valence-corrected chi connectivity index (χ3v) is 3.29. The quantitative estimate of drug-likeness (QED) is 0.796. The van der Waals surface area contributed by atoms with Crippen molar-refractivity contribution < 1.29 is 0 Å². The van der Waals surface area contributed by atoms with Crippen LogP contribution in [0.4, 0.5) is 5.82 Å². The van der Waals surface area contributed by atoms with Crippen LogP contribution in [0.15, 0.2) is 42.6 Å². The Hall–Kier alpha value is -2.53. The lowest BCUT2D eigenvalue weighted by atomic mass is 10.2. The molecule has 0 amide bonds. The molecule has 0 atom stereocenters. The summed E-state index contributed by atoms with van der Waals surface area (Å²) in [5, 5.41) is 1.000. The summed E-state index contributed by atoms with van der Waals surface area (Å²) in [7, 11) is 3.94. The smallest absolute Gasteiger partial charge is 0.128 e. The van der Waals surface area contributed by atoms with Crippen LogP contribution in [0.3, 0.4) is 0 Å². The van der Waals surface area contributed by atoms with Crippen molar-refractivity contribution in [2.24, 2.45) is 5.73 Å². The third kappa shape index (κ3) is 2.68. The van der Waals surface area contributed by atoms with Crippen molar-refractivity contribution in [1.29, 1.82) is 0 Å². The topological polar surface area (TPSA) is 67.9 Å². The first-order chi connectivity index (χ1) is 10.2. The lowest BCUT2D eigenvalue weighted by molar-refractivity contribution is 0.996. The number of pyridine rings is 3. The van der Waals surface area contributed by atoms with E-state index in [0.717, 1.165) is 33.8 Å². The van der Waals surface area contributed by atoms with E-state index < -0.39 is 0 Å². The summed E-state index contributed by atoms with van der Waals surface area (Å²) < 4.78 is 0. The second-order valence-corrected chi connectivity index (χ2v) is 5.04. The van der Waals surface area contributed by atoms with Gasteiger partial charge in [-0.05, 0) is 30.3 Å². The van der Waals surface area contributed by atoms with E-state index in [9.17, 15) is 0 Å². The molecule has 3 aromatic rings. The first kappa shape index (κ1) is 13.5. The Morgan fingerprint density at radius 3 is 2.62 bits per heavy atom. The van der Waals surface area contributed by atoms with Gasteiger partial charge in [0.2, 0.25) is 0 Å². The van der Waals surface area contributed by atoms with Gasteiger partial charge in [-0.25, -0.2) is 9.97 Å². The first-order valence-electron chi connectivity index (χ1n) is 6.78. The number of hydrogen-bond acceptors (Lipinski definition) is 5. The SMILES string of the molecule is CN(C)c1cccc(-c2ccc3cnc(CN)cc3n2)n1. The van der Waals surface area contributed by atoms with E-state index in [2.05, 4.69) is 15.0 Å². The van der Waals surface area contributed by atoms with Gasteiger partial charge >= 0.3 is 0 Å². The monoisotopic (exact) mass is 279 g/mol. The van der Waals surface area contributed by atoms with Crippen molar-refractivity contribution in [3.05, 3.63) is 48.3 Å². The largest absolute Gasteiger partial charge is 0.363 e. The molecule has 0 fully saturated rings. The molecular weight excluding hydrogens is 262 g/mol. The summed E-state index contributed by atoms with van der Waals surface area (Å²) in [6.45, 7) is 0.413. The van der Waals surface area contributed by atoms with Gasteiger partial charge in [0, 0.05) is 32.2 Å². The lowest BCUT2D eigenvalue weighted by Gasteiger charge is -2.12. The molecule has 21 heavy (non-hydrogen) atoms. The van der Waals surface area contributed by atoms with Gasteiger partial charge in [-0.2, -0.15) is 0 Å². The fraction of sp³-hybridized carbons (Fsp3) is 0.188. The van der Waals surface area contributed by atoms with E-state index in [1.165, 1.54) is 0 Å². The third-order valence-electron chi connectivity index (χ3n) is 3.29. The number of hydrogen-bond donors (Lipinski definition) is 1. The van der Waals surface area contributed by atoms with E-state index in [-0.39, 0.29) is 0 Å². The molecule has 0 saturated heterocycles. The van der Waals surface area contributed by atoms with Crippen LogP contribution in [-0.4, -0.2) is 29.0 Å². The number of nitrogens with zero attached hydrogens (tertiary/aromatic N) is 4. The molecule has 0 bridgehead atoms. The zero-order valence-corrected chi connectivity index (χ0v) is 12.1. The predicted octanol–water partition coefficient (Wildman–Crippen LogP) is 2.22. The summed E-state index contributed by atoms with van der Waals surface area (Å²) in [5.41, 5.74) is 9.06. The van der Waals surface area contributed by atoms with Gasteiger partial charge < -0.3 is 10.6 Å². The normalized spacial score (nSPS) is 10.8. The first-order valence-corrected chi connectivity index (χ1v) is 6.78. The summed E-state index contributed by atoms with van der Waals surface area (Å²) in [6.07, 6.45) is 1.80. The van der Waals surface area contributed by atoms with Gasteiger partial charge in [0.05, 0.1) is 22.6 Å². The Morgan fingerprint density at radius 1 is 1.05 bits per heavy atom. The highest BCUT2D eigenvalue weighted by Crippen LogP contribution is 2.21. The molecule has 0 spiro atoms. The van der Waals surface area contributed by atoms with Crippen molar-refractivity contribution in [1.82, 2.24) is 15.0 Å². The predicted molar refractivity (Wildman–Crippen MR) is 85.0 cm³/mol. The molecule has 0 aliphatic heterocycles. The Labute approximate surface area is 123 Å². The number of anilines is 1. The molecule has 5 nitrogen and oxygen atoms in total. The maximum absolute atomic E-state index is 5.64. The number of rotatable bonds is 3. The summed E-state index contributed by atoms with van der Waals surface area (Å²) in [5.74, 6) is 0.909. The second-order valence-electron chi connectivity index (χ2n) is 5.04. The molecule has 0 saturated carbocycles. The minimum absolute atomic E-state index is 0.413. The van der Waals surface area contributed by atoms with Gasteiger partial charge in [-0.3, -0.25) is 4.98 Å². The van der Waals surface area contributed by atoms with Crippen LogP contribution in [0.25, 0.3) is 22.3 Å². The molecule has 0 radical (unpaired) electrons. The van der Waals surface area contributed by atoms with Gasteiger partial charge in [-0.1, -0.05) is 6.07 Å². The Bertz CT molecular complexity index is 782. The van der Waals surface area contributed by atoms with Crippen molar-refractivity contribution in [3.8, 4) is 11.4 Å². The molecule has 0 aromatic carbocycles. The Kier molecular flexibility index (Phi) is 3.50. The van der Waals surface area contributed by atoms with Crippen LogP contribution in [0.2, 0.25) is 0 Å². The van der Waals surface area contributed by atoms with Crippen molar-refractivity contribution in [2.75, 3.05) is 19.0 Å². The van der Waals surface area contributed by atoms with Gasteiger partial charge in [0.25, 0.3) is 0 Å². The maximum atomic E-state index is 5.64. The van der Waals surface area contributed by atoms with E-state index in [4.69, 9.17) is 5.73 Å². The Morgan fingerprint density at radius 2 is 1.86 bits per heavy atom. The molecule has 3 heterocycles. The number of aromatic nitrogens is 3.